The first-order chi connectivity index (χ1) is 10.1. The van der Waals surface area contributed by atoms with E-state index in [0.717, 1.165) is 30.7 Å². The van der Waals surface area contributed by atoms with Gasteiger partial charge >= 0.3 is 0 Å². The largest absolute Gasteiger partial charge is 0.376 e. The van der Waals surface area contributed by atoms with Crippen molar-refractivity contribution in [1.82, 2.24) is 10.0 Å². The normalized spacial score (nSPS) is 26.3. The molecule has 7 heteroatoms. The minimum atomic E-state index is -3.43. The Balaban J connectivity index is 1.66. The van der Waals surface area contributed by atoms with Crippen molar-refractivity contribution in [2.24, 2.45) is 5.92 Å². The SMILES string of the molecule is CCNCc1ccc(S(=O)(=O)NC2CCOC2C2CC2)s1. The number of nitrogens with one attached hydrogen (secondary N) is 2. The molecular weight excluding hydrogens is 308 g/mol. The van der Waals surface area contributed by atoms with Crippen molar-refractivity contribution in [1.29, 1.82) is 0 Å². The minimum absolute atomic E-state index is 0.0678. The van der Waals surface area contributed by atoms with Crippen molar-refractivity contribution >= 4 is 21.4 Å². The zero-order valence-corrected chi connectivity index (χ0v) is 13.8. The van der Waals surface area contributed by atoms with Crippen LogP contribution in [0.4, 0.5) is 0 Å². The summed E-state index contributed by atoms with van der Waals surface area (Å²) in [5.41, 5.74) is 0. The van der Waals surface area contributed by atoms with Gasteiger partial charge in [-0.2, -0.15) is 0 Å². The van der Waals surface area contributed by atoms with Crippen molar-refractivity contribution in [3.8, 4) is 0 Å². The van der Waals surface area contributed by atoms with Crippen LogP contribution in [0.3, 0.4) is 0 Å². The number of sulfonamides is 1. The van der Waals surface area contributed by atoms with E-state index in [1.165, 1.54) is 11.3 Å². The Hall–Kier alpha value is -0.470. The number of hydrogen-bond donors (Lipinski definition) is 2. The van der Waals surface area contributed by atoms with Crippen molar-refractivity contribution in [3.05, 3.63) is 17.0 Å². The maximum Gasteiger partial charge on any atom is 0.250 e. The van der Waals surface area contributed by atoms with Gasteiger partial charge in [-0.25, -0.2) is 13.1 Å². The van der Waals surface area contributed by atoms with Gasteiger partial charge in [-0.15, -0.1) is 11.3 Å². The van der Waals surface area contributed by atoms with Crippen molar-refractivity contribution < 1.29 is 13.2 Å². The van der Waals surface area contributed by atoms with E-state index in [4.69, 9.17) is 4.74 Å². The highest BCUT2D eigenvalue weighted by Gasteiger charge is 2.42. The van der Waals surface area contributed by atoms with Crippen LogP contribution in [0, 0.1) is 5.92 Å². The van der Waals surface area contributed by atoms with Crippen LogP contribution in [0.5, 0.6) is 0 Å². The standard InChI is InChI=1S/C14H22N2O3S2/c1-2-15-9-11-5-6-13(20-11)21(17,18)16-12-7-8-19-14(12)10-3-4-10/h5-6,10,12,14-16H,2-4,7-9H2,1H3. The van der Waals surface area contributed by atoms with Crippen LogP contribution in [0.15, 0.2) is 16.3 Å². The molecule has 5 nitrogen and oxygen atoms in total. The molecule has 21 heavy (non-hydrogen) atoms. The molecule has 1 aromatic heterocycles. The molecule has 0 radical (unpaired) electrons. The molecule has 2 fully saturated rings. The van der Waals surface area contributed by atoms with E-state index in [-0.39, 0.29) is 12.1 Å². The predicted octanol–water partition coefficient (Wildman–Crippen LogP) is 1.70. The van der Waals surface area contributed by atoms with E-state index < -0.39 is 10.0 Å². The van der Waals surface area contributed by atoms with Crippen molar-refractivity contribution in [2.45, 2.75) is 49.1 Å². The fraction of sp³-hybridized carbons (Fsp3) is 0.714. The van der Waals surface area contributed by atoms with Gasteiger partial charge in [0.05, 0.1) is 12.1 Å². The second-order valence-electron chi connectivity index (χ2n) is 5.69. The summed E-state index contributed by atoms with van der Waals surface area (Å²) in [5, 5.41) is 3.21. The van der Waals surface area contributed by atoms with Gasteiger partial charge in [-0.1, -0.05) is 6.92 Å². The average Bonchev–Trinajstić information content (AvgIpc) is 2.99. The summed E-state index contributed by atoms with van der Waals surface area (Å²) in [6.45, 7) is 4.28. The Morgan fingerprint density at radius 2 is 2.14 bits per heavy atom. The van der Waals surface area contributed by atoms with Gasteiger partial charge in [-0.3, -0.25) is 0 Å². The summed E-state index contributed by atoms with van der Waals surface area (Å²) >= 11 is 1.33. The molecule has 1 aromatic rings. The van der Waals surface area contributed by atoms with E-state index in [1.807, 2.05) is 13.0 Å². The van der Waals surface area contributed by atoms with E-state index in [0.29, 0.717) is 23.3 Å². The van der Waals surface area contributed by atoms with Gasteiger partial charge < -0.3 is 10.1 Å². The minimum Gasteiger partial charge on any atom is -0.376 e. The molecule has 2 N–H and O–H groups in total. The molecular formula is C14H22N2O3S2. The number of hydrogen-bond acceptors (Lipinski definition) is 5. The summed E-state index contributed by atoms with van der Waals surface area (Å²) in [4.78, 5) is 1.04. The Morgan fingerprint density at radius 1 is 1.33 bits per heavy atom. The summed E-state index contributed by atoms with van der Waals surface area (Å²) in [6.07, 6.45) is 3.17. The highest BCUT2D eigenvalue weighted by atomic mass is 32.2. The van der Waals surface area contributed by atoms with Crippen LogP contribution < -0.4 is 10.0 Å². The number of rotatable bonds is 7. The third-order valence-electron chi connectivity index (χ3n) is 3.98. The van der Waals surface area contributed by atoms with Crippen LogP contribution in [-0.4, -0.2) is 33.7 Å². The lowest BCUT2D eigenvalue weighted by Crippen LogP contribution is -2.41. The molecule has 2 atom stereocenters. The maximum atomic E-state index is 12.5. The predicted molar refractivity (Wildman–Crippen MR) is 82.9 cm³/mol. The van der Waals surface area contributed by atoms with Crippen molar-refractivity contribution in [2.75, 3.05) is 13.2 Å². The molecule has 1 aliphatic carbocycles. The highest BCUT2D eigenvalue weighted by molar-refractivity contribution is 7.91. The fourth-order valence-electron chi connectivity index (χ4n) is 2.73. The zero-order valence-electron chi connectivity index (χ0n) is 12.2. The topological polar surface area (TPSA) is 67.4 Å². The van der Waals surface area contributed by atoms with Gasteiger partial charge in [0, 0.05) is 18.0 Å². The van der Waals surface area contributed by atoms with Crippen LogP contribution in [0.2, 0.25) is 0 Å². The third-order valence-corrected chi connectivity index (χ3v) is 7.05. The van der Waals surface area contributed by atoms with E-state index in [9.17, 15) is 8.42 Å². The molecule has 118 valence electrons. The maximum absolute atomic E-state index is 12.5. The molecule has 2 heterocycles. The second kappa shape index (κ2) is 6.34. The fourth-order valence-corrected chi connectivity index (χ4v) is 5.35. The van der Waals surface area contributed by atoms with E-state index in [1.54, 1.807) is 6.07 Å². The van der Waals surface area contributed by atoms with E-state index in [2.05, 4.69) is 10.0 Å². The molecule has 0 bridgehead atoms. The summed E-state index contributed by atoms with van der Waals surface area (Å²) in [6, 6.07) is 3.51. The van der Waals surface area contributed by atoms with Gasteiger partial charge in [0.15, 0.2) is 0 Å². The smallest absolute Gasteiger partial charge is 0.250 e. The first-order valence-electron chi connectivity index (χ1n) is 7.53. The van der Waals surface area contributed by atoms with Crippen LogP contribution in [0.1, 0.15) is 31.1 Å². The number of ether oxygens (including phenoxy) is 1. The Bertz CT molecular complexity index is 581. The first-order valence-corrected chi connectivity index (χ1v) is 9.83. The average molecular weight is 330 g/mol. The zero-order chi connectivity index (χ0) is 14.9. The molecule has 2 unspecified atom stereocenters. The monoisotopic (exact) mass is 330 g/mol. The molecule has 1 saturated carbocycles. The van der Waals surface area contributed by atoms with Gasteiger partial charge in [0.25, 0.3) is 0 Å². The van der Waals surface area contributed by atoms with Crippen molar-refractivity contribution in [3.63, 3.8) is 0 Å². The summed E-state index contributed by atoms with van der Waals surface area (Å²) < 4.78 is 33.9. The Morgan fingerprint density at radius 3 is 2.86 bits per heavy atom. The van der Waals surface area contributed by atoms with Crippen LogP contribution in [0.25, 0.3) is 0 Å². The lowest BCUT2D eigenvalue weighted by molar-refractivity contribution is 0.0848. The van der Waals surface area contributed by atoms with Gasteiger partial charge in [0.2, 0.25) is 10.0 Å². The summed E-state index contributed by atoms with van der Waals surface area (Å²) in [5.74, 6) is 0.549. The number of thiophene rings is 1. The lowest BCUT2D eigenvalue weighted by atomic mass is 10.1. The quantitative estimate of drug-likeness (QED) is 0.798. The third kappa shape index (κ3) is 3.65. The van der Waals surface area contributed by atoms with Gasteiger partial charge in [-0.05, 0) is 43.9 Å². The molecule has 0 aromatic carbocycles. The summed E-state index contributed by atoms with van der Waals surface area (Å²) in [7, 11) is -3.43. The van der Waals surface area contributed by atoms with Gasteiger partial charge in [0.1, 0.15) is 4.21 Å². The Kier molecular flexibility index (Phi) is 4.66. The molecule has 2 aliphatic rings. The molecule has 1 aliphatic heterocycles. The van der Waals surface area contributed by atoms with E-state index >= 15 is 0 Å². The second-order valence-corrected chi connectivity index (χ2v) is 8.80. The first kappa shape index (κ1) is 15.4. The molecule has 1 saturated heterocycles. The molecule has 0 spiro atoms. The highest BCUT2D eigenvalue weighted by Crippen LogP contribution is 2.39. The lowest BCUT2D eigenvalue weighted by Gasteiger charge is -2.18. The Labute approximate surface area is 130 Å². The van der Waals surface area contributed by atoms with Crippen LogP contribution >= 0.6 is 11.3 Å². The molecule has 0 amide bonds. The molecule has 3 rings (SSSR count). The van der Waals surface area contributed by atoms with Crippen LogP contribution in [-0.2, 0) is 21.3 Å².